The summed E-state index contributed by atoms with van der Waals surface area (Å²) in [4.78, 5) is 25.4. The summed E-state index contributed by atoms with van der Waals surface area (Å²) in [6.45, 7) is 6.41. The van der Waals surface area contributed by atoms with Crippen LogP contribution in [0.1, 0.15) is 26.7 Å². The van der Waals surface area contributed by atoms with Crippen molar-refractivity contribution < 1.29 is 19.1 Å². The van der Waals surface area contributed by atoms with Crippen LogP contribution in [0.2, 0.25) is 0 Å². The second-order valence-electron chi connectivity index (χ2n) is 5.47. The Bertz CT molecular complexity index is 320. The fraction of sp³-hybridized carbons (Fsp3) is 0.857. The molecule has 2 amide bonds. The maximum Gasteiger partial charge on any atom is 0.245 e. The van der Waals surface area contributed by atoms with E-state index in [0.717, 1.165) is 6.42 Å². The van der Waals surface area contributed by atoms with Gasteiger partial charge in [0, 0.05) is 26.9 Å². The van der Waals surface area contributed by atoms with Crippen LogP contribution in [0.5, 0.6) is 0 Å². The van der Waals surface area contributed by atoms with Crippen molar-refractivity contribution in [1.82, 2.24) is 10.2 Å². The number of ether oxygens (including phenoxy) is 2. The van der Waals surface area contributed by atoms with Crippen molar-refractivity contribution in [3.05, 3.63) is 0 Å². The number of carbonyl (C=O) groups excluding carboxylic acids is 2. The summed E-state index contributed by atoms with van der Waals surface area (Å²) < 4.78 is 10.4. The molecule has 0 bridgehead atoms. The fourth-order valence-electron chi connectivity index (χ4n) is 2.18. The largest absolute Gasteiger partial charge is 0.385 e. The molecule has 0 aliphatic carbocycles. The first-order chi connectivity index (χ1) is 9.54. The lowest BCUT2D eigenvalue weighted by Crippen LogP contribution is -2.58. The molecule has 1 fully saturated rings. The van der Waals surface area contributed by atoms with Gasteiger partial charge in [-0.25, -0.2) is 0 Å². The second kappa shape index (κ2) is 8.92. The summed E-state index contributed by atoms with van der Waals surface area (Å²) in [5.41, 5.74) is 0. The summed E-state index contributed by atoms with van der Waals surface area (Å²) in [5, 5.41) is 2.76. The average Bonchev–Trinajstić information content (AvgIpc) is 2.38. The first kappa shape index (κ1) is 16.9. The third-order valence-electron chi connectivity index (χ3n) is 3.13. The molecule has 0 saturated carbocycles. The molecule has 0 spiro atoms. The summed E-state index contributed by atoms with van der Waals surface area (Å²) in [6, 6.07) is -0.384. The zero-order valence-corrected chi connectivity index (χ0v) is 12.7. The molecule has 6 nitrogen and oxygen atoms in total. The number of methoxy groups -OCH3 is 1. The third-order valence-corrected chi connectivity index (χ3v) is 3.13. The molecule has 1 rings (SSSR count). The van der Waals surface area contributed by atoms with E-state index < -0.39 is 0 Å². The van der Waals surface area contributed by atoms with Crippen LogP contribution in [0.3, 0.4) is 0 Å². The van der Waals surface area contributed by atoms with Gasteiger partial charge < -0.3 is 19.7 Å². The van der Waals surface area contributed by atoms with Gasteiger partial charge in [-0.3, -0.25) is 9.59 Å². The number of piperazine rings is 1. The van der Waals surface area contributed by atoms with Gasteiger partial charge in [-0.05, 0) is 18.8 Å². The van der Waals surface area contributed by atoms with Crippen molar-refractivity contribution in [1.29, 1.82) is 0 Å². The first-order valence-corrected chi connectivity index (χ1v) is 7.19. The molecule has 1 unspecified atom stereocenters. The zero-order valence-electron chi connectivity index (χ0n) is 12.7. The molecule has 1 aliphatic heterocycles. The van der Waals surface area contributed by atoms with Crippen molar-refractivity contribution in [3.63, 3.8) is 0 Å². The van der Waals surface area contributed by atoms with Gasteiger partial charge in [0.2, 0.25) is 11.8 Å². The van der Waals surface area contributed by atoms with Crippen LogP contribution in [0, 0.1) is 5.92 Å². The second-order valence-corrected chi connectivity index (χ2v) is 5.47. The lowest BCUT2D eigenvalue weighted by Gasteiger charge is -2.33. The standard InChI is InChI=1S/C14H26N2O4/c1-11(2)9-12-14(18)16(10-13(17)15-12)5-8-20-7-4-6-19-3/h11-12H,4-10H2,1-3H3,(H,15,17). The van der Waals surface area contributed by atoms with E-state index in [1.54, 1.807) is 12.0 Å². The van der Waals surface area contributed by atoms with E-state index in [2.05, 4.69) is 5.32 Å². The van der Waals surface area contributed by atoms with Gasteiger partial charge in [0.05, 0.1) is 13.2 Å². The summed E-state index contributed by atoms with van der Waals surface area (Å²) in [6.07, 6.45) is 1.51. The molecule has 116 valence electrons. The van der Waals surface area contributed by atoms with Crippen molar-refractivity contribution in [3.8, 4) is 0 Å². The lowest BCUT2D eigenvalue weighted by molar-refractivity contribution is -0.145. The summed E-state index contributed by atoms with van der Waals surface area (Å²) in [5.74, 6) is 0.280. The van der Waals surface area contributed by atoms with Gasteiger partial charge in [-0.1, -0.05) is 13.8 Å². The number of carbonyl (C=O) groups is 2. The number of rotatable bonds is 9. The van der Waals surface area contributed by atoms with Crippen LogP contribution in [-0.2, 0) is 19.1 Å². The molecule has 20 heavy (non-hydrogen) atoms. The quantitative estimate of drug-likeness (QED) is 0.624. The number of nitrogens with one attached hydrogen (secondary N) is 1. The minimum atomic E-state index is -0.384. The topological polar surface area (TPSA) is 67.9 Å². The van der Waals surface area contributed by atoms with E-state index in [-0.39, 0.29) is 24.4 Å². The monoisotopic (exact) mass is 286 g/mol. The van der Waals surface area contributed by atoms with Crippen molar-refractivity contribution in [2.75, 3.05) is 40.0 Å². The Labute approximate surface area is 120 Å². The average molecular weight is 286 g/mol. The summed E-state index contributed by atoms with van der Waals surface area (Å²) in [7, 11) is 1.65. The molecule has 0 radical (unpaired) electrons. The van der Waals surface area contributed by atoms with Gasteiger partial charge in [0.25, 0.3) is 0 Å². The van der Waals surface area contributed by atoms with Crippen molar-refractivity contribution >= 4 is 11.8 Å². The van der Waals surface area contributed by atoms with Gasteiger partial charge in [0.1, 0.15) is 6.04 Å². The molecule has 1 heterocycles. The third kappa shape index (κ3) is 5.88. The highest BCUT2D eigenvalue weighted by molar-refractivity contribution is 5.94. The predicted molar refractivity (Wildman–Crippen MR) is 75.3 cm³/mol. The molecule has 1 saturated heterocycles. The first-order valence-electron chi connectivity index (χ1n) is 7.19. The van der Waals surface area contributed by atoms with Gasteiger partial charge in [0.15, 0.2) is 0 Å². The Balaban J connectivity index is 2.32. The van der Waals surface area contributed by atoms with E-state index >= 15 is 0 Å². The highest BCUT2D eigenvalue weighted by Crippen LogP contribution is 2.11. The molecule has 1 aliphatic rings. The molecule has 6 heteroatoms. The van der Waals surface area contributed by atoms with Crippen LogP contribution >= 0.6 is 0 Å². The summed E-state index contributed by atoms with van der Waals surface area (Å²) >= 11 is 0. The number of amides is 2. The minimum absolute atomic E-state index is 0.00112. The minimum Gasteiger partial charge on any atom is -0.385 e. The Kier molecular flexibility index (Phi) is 7.54. The Morgan fingerprint density at radius 2 is 2.05 bits per heavy atom. The van der Waals surface area contributed by atoms with E-state index in [4.69, 9.17) is 9.47 Å². The molecular formula is C14H26N2O4. The van der Waals surface area contributed by atoms with Crippen molar-refractivity contribution in [2.24, 2.45) is 5.92 Å². The molecule has 0 aromatic heterocycles. The van der Waals surface area contributed by atoms with Crippen molar-refractivity contribution in [2.45, 2.75) is 32.7 Å². The van der Waals surface area contributed by atoms with E-state index in [1.807, 2.05) is 13.8 Å². The SMILES string of the molecule is COCCCOCCN1CC(=O)NC(CC(C)C)C1=O. The Morgan fingerprint density at radius 1 is 1.30 bits per heavy atom. The normalized spacial score (nSPS) is 19.6. The molecule has 1 N–H and O–H groups in total. The van der Waals surface area contributed by atoms with E-state index in [0.29, 0.717) is 38.7 Å². The Hall–Kier alpha value is -1.14. The van der Waals surface area contributed by atoms with Crippen LogP contribution in [0.15, 0.2) is 0 Å². The van der Waals surface area contributed by atoms with Crippen LogP contribution in [0.4, 0.5) is 0 Å². The number of hydrogen-bond donors (Lipinski definition) is 1. The molecular weight excluding hydrogens is 260 g/mol. The molecule has 0 aromatic carbocycles. The van der Waals surface area contributed by atoms with Crippen LogP contribution in [0.25, 0.3) is 0 Å². The predicted octanol–water partition coefficient (Wildman–Crippen LogP) is 0.413. The maximum atomic E-state index is 12.2. The van der Waals surface area contributed by atoms with Crippen LogP contribution in [-0.4, -0.2) is 62.8 Å². The number of hydrogen-bond acceptors (Lipinski definition) is 4. The maximum absolute atomic E-state index is 12.2. The fourth-order valence-corrected chi connectivity index (χ4v) is 2.18. The van der Waals surface area contributed by atoms with Gasteiger partial charge in [-0.15, -0.1) is 0 Å². The van der Waals surface area contributed by atoms with E-state index in [1.165, 1.54) is 0 Å². The smallest absolute Gasteiger partial charge is 0.245 e. The van der Waals surface area contributed by atoms with Crippen LogP contribution < -0.4 is 5.32 Å². The van der Waals surface area contributed by atoms with E-state index in [9.17, 15) is 9.59 Å². The Morgan fingerprint density at radius 3 is 2.70 bits per heavy atom. The zero-order chi connectivity index (χ0) is 15.0. The molecule has 1 atom stereocenters. The highest BCUT2D eigenvalue weighted by Gasteiger charge is 2.32. The lowest BCUT2D eigenvalue weighted by atomic mass is 10.0. The molecule has 0 aromatic rings. The van der Waals surface area contributed by atoms with Gasteiger partial charge >= 0.3 is 0 Å². The number of nitrogens with zero attached hydrogens (tertiary/aromatic N) is 1. The highest BCUT2D eigenvalue weighted by atomic mass is 16.5. The van der Waals surface area contributed by atoms with Gasteiger partial charge in [-0.2, -0.15) is 0 Å².